The molecule has 1 nitrogen and oxygen atoms in total. The van der Waals surface area contributed by atoms with Crippen LogP contribution in [0.5, 0.6) is 0 Å². The third-order valence-electron chi connectivity index (χ3n) is 3.57. The second-order valence-corrected chi connectivity index (χ2v) is 4.62. The Morgan fingerprint density at radius 2 is 1.89 bits per heavy atom. The topological polar surface area (TPSA) is 9.23 Å². The summed E-state index contributed by atoms with van der Waals surface area (Å²) in [6.45, 7) is 0. The Morgan fingerprint density at radius 1 is 0.944 bits per heavy atom. The number of ether oxygens (including phenoxy) is 1. The minimum atomic E-state index is 0.0632. The van der Waals surface area contributed by atoms with Gasteiger partial charge in [0, 0.05) is 10.8 Å². The first-order chi connectivity index (χ1) is 8.93. The van der Waals surface area contributed by atoms with Gasteiger partial charge in [0.05, 0.1) is 6.26 Å². The summed E-state index contributed by atoms with van der Waals surface area (Å²) < 4.78 is 5.76. The molecule has 0 saturated carbocycles. The zero-order valence-electron chi connectivity index (χ0n) is 9.84. The van der Waals surface area contributed by atoms with Gasteiger partial charge >= 0.3 is 0 Å². The van der Waals surface area contributed by atoms with Crippen molar-refractivity contribution in [2.24, 2.45) is 0 Å². The summed E-state index contributed by atoms with van der Waals surface area (Å²) in [6, 6.07) is 12.8. The van der Waals surface area contributed by atoms with Crippen LogP contribution >= 0.6 is 0 Å². The molecule has 1 aliphatic heterocycles. The normalized spacial score (nSPS) is 20.0. The molecule has 2 aliphatic rings. The average molecular weight is 232 g/mol. The molecule has 0 N–H and O–H groups in total. The zero-order valence-corrected chi connectivity index (χ0v) is 9.84. The predicted octanol–water partition coefficient (Wildman–Crippen LogP) is 2.25. The quantitative estimate of drug-likeness (QED) is 0.677. The molecule has 0 aromatic heterocycles. The molecule has 0 amide bonds. The number of hydrogen-bond donors (Lipinski definition) is 0. The van der Waals surface area contributed by atoms with E-state index in [4.69, 9.17) is 4.74 Å². The van der Waals surface area contributed by atoms with Crippen LogP contribution in [0.15, 0.2) is 60.7 Å². The smallest absolute Gasteiger partial charge is 0.142 e. The fraction of sp³-hybridized carbons (Fsp3) is 0.0588. The average Bonchev–Trinajstić information content (AvgIpc) is 2.46. The van der Waals surface area contributed by atoms with E-state index < -0.39 is 0 Å². The molecular weight excluding hydrogens is 220 g/mol. The number of benzene rings is 2. The van der Waals surface area contributed by atoms with Gasteiger partial charge in [-0.2, -0.15) is 0 Å². The lowest BCUT2D eigenvalue weighted by Gasteiger charge is -2.21. The first-order valence-electron chi connectivity index (χ1n) is 6.16. The van der Waals surface area contributed by atoms with Crippen molar-refractivity contribution in [2.45, 2.75) is 6.10 Å². The van der Waals surface area contributed by atoms with Crippen molar-refractivity contribution in [2.75, 3.05) is 0 Å². The molecule has 18 heavy (non-hydrogen) atoms. The van der Waals surface area contributed by atoms with Gasteiger partial charge in [-0.1, -0.05) is 54.6 Å². The Bertz CT molecular complexity index is 809. The monoisotopic (exact) mass is 232 g/mol. The van der Waals surface area contributed by atoms with Crippen molar-refractivity contribution in [1.29, 1.82) is 0 Å². The Kier molecular flexibility index (Phi) is 1.95. The third kappa shape index (κ3) is 1.28. The molecule has 0 fully saturated rings. The minimum Gasteiger partial charge on any atom is -0.489 e. The van der Waals surface area contributed by atoms with E-state index in [0.717, 1.165) is 0 Å². The largest absolute Gasteiger partial charge is 0.489 e. The second kappa shape index (κ2) is 3.61. The van der Waals surface area contributed by atoms with Crippen LogP contribution < -0.4 is 10.4 Å². The van der Waals surface area contributed by atoms with Gasteiger partial charge in [-0.25, -0.2) is 0 Å². The fourth-order valence-electron chi connectivity index (χ4n) is 2.72. The molecule has 1 unspecified atom stereocenters. The molecule has 86 valence electrons. The lowest BCUT2D eigenvalue weighted by molar-refractivity contribution is 0.275. The Balaban J connectivity index is 2.26. The van der Waals surface area contributed by atoms with Crippen molar-refractivity contribution < 1.29 is 4.74 Å². The maximum atomic E-state index is 5.76. The van der Waals surface area contributed by atoms with Crippen molar-refractivity contribution in [3.63, 3.8) is 0 Å². The lowest BCUT2D eigenvalue weighted by Crippen LogP contribution is -2.35. The van der Waals surface area contributed by atoms with E-state index in [9.17, 15) is 0 Å². The van der Waals surface area contributed by atoms with Gasteiger partial charge in [-0.05, 0) is 22.1 Å². The minimum absolute atomic E-state index is 0.0632. The summed E-state index contributed by atoms with van der Waals surface area (Å²) in [5.41, 5.74) is 1.26. The number of rotatable bonds is 0. The van der Waals surface area contributed by atoms with Gasteiger partial charge in [0.2, 0.25) is 0 Å². The number of hydrogen-bond acceptors (Lipinski definition) is 1. The zero-order chi connectivity index (χ0) is 11.9. The highest BCUT2D eigenvalue weighted by atomic mass is 16.5. The second-order valence-electron chi connectivity index (χ2n) is 4.62. The molecular formula is C17H12O. The molecule has 1 aliphatic carbocycles. The molecule has 0 radical (unpaired) electrons. The van der Waals surface area contributed by atoms with Crippen molar-refractivity contribution in [3.05, 3.63) is 71.1 Å². The maximum absolute atomic E-state index is 5.76. The molecule has 0 saturated heterocycles. The summed E-state index contributed by atoms with van der Waals surface area (Å²) in [5, 5.41) is 5.06. The van der Waals surface area contributed by atoms with E-state index in [-0.39, 0.29) is 6.10 Å². The van der Waals surface area contributed by atoms with Gasteiger partial charge in [0.15, 0.2) is 0 Å². The molecule has 4 rings (SSSR count). The van der Waals surface area contributed by atoms with E-state index >= 15 is 0 Å². The highest BCUT2D eigenvalue weighted by Crippen LogP contribution is 2.19. The van der Waals surface area contributed by atoms with Crippen molar-refractivity contribution >= 4 is 22.6 Å². The SMILES string of the molecule is C1=CC2=c3c(ccc4ccccc34)=COC2C=C1. The van der Waals surface area contributed by atoms with E-state index in [1.54, 1.807) is 0 Å². The van der Waals surface area contributed by atoms with Gasteiger partial charge in [-0.3, -0.25) is 0 Å². The first kappa shape index (κ1) is 9.72. The van der Waals surface area contributed by atoms with Gasteiger partial charge < -0.3 is 4.74 Å². The standard InChI is InChI=1S/C17H12O/c1-2-6-14-12(5-1)9-10-13-11-18-16-8-4-3-7-15(16)17(13)14/h1-11,16H. The van der Waals surface area contributed by atoms with Gasteiger partial charge in [0.1, 0.15) is 6.10 Å². The first-order valence-corrected chi connectivity index (χ1v) is 6.16. The van der Waals surface area contributed by atoms with E-state index in [1.807, 2.05) is 12.3 Å². The molecule has 1 heterocycles. The summed E-state index contributed by atoms with van der Waals surface area (Å²) in [4.78, 5) is 0. The molecule has 1 atom stereocenters. The fourth-order valence-corrected chi connectivity index (χ4v) is 2.72. The summed E-state index contributed by atoms with van der Waals surface area (Å²) in [7, 11) is 0. The van der Waals surface area contributed by atoms with Crippen LogP contribution in [0.25, 0.3) is 22.6 Å². The molecule has 0 bridgehead atoms. The predicted molar refractivity (Wildman–Crippen MR) is 74.2 cm³/mol. The molecule has 0 spiro atoms. The van der Waals surface area contributed by atoms with Gasteiger partial charge in [0.25, 0.3) is 0 Å². The van der Waals surface area contributed by atoms with E-state index in [1.165, 1.54) is 26.8 Å². The highest BCUT2D eigenvalue weighted by Gasteiger charge is 2.16. The van der Waals surface area contributed by atoms with Crippen LogP contribution in [-0.2, 0) is 4.74 Å². The van der Waals surface area contributed by atoms with Crippen LogP contribution in [0.3, 0.4) is 0 Å². The lowest BCUT2D eigenvalue weighted by atomic mass is 9.95. The van der Waals surface area contributed by atoms with Crippen LogP contribution in [-0.4, -0.2) is 6.10 Å². The maximum Gasteiger partial charge on any atom is 0.142 e. The molecule has 1 heteroatoms. The summed E-state index contributed by atoms with van der Waals surface area (Å²) in [6.07, 6.45) is 10.3. The van der Waals surface area contributed by atoms with Crippen LogP contribution in [0.4, 0.5) is 0 Å². The molecule has 2 aromatic carbocycles. The Hall–Kier alpha value is -2.28. The van der Waals surface area contributed by atoms with Crippen LogP contribution in [0, 0.1) is 0 Å². The van der Waals surface area contributed by atoms with Crippen molar-refractivity contribution in [1.82, 2.24) is 0 Å². The van der Waals surface area contributed by atoms with E-state index in [0.29, 0.717) is 0 Å². The molecule has 2 aromatic rings. The van der Waals surface area contributed by atoms with Crippen molar-refractivity contribution in [3.8, 4) is 0 Å². The van der Waals surface area contributed by atoms with E-state index in [2.05, 4.69) is 54.6 Å². The highest BCUT2D eigenvalue weighted by molar-refractivity contribution is 5.87. The summed E-state index contributed by atoms with van der Waals surface area (Å²) >= 11 is 0. The van der Waals surface area contributed by atoms with Gasteiger partial charge in [-0.15, -0.1) is 0 Å². The van der Waals surface area contributed by atoms with Crippen LogP contribution in [0.2, 0.25) is 0 Å². The number of allylic oxidation sites excluding steroid dienone is 2. The Labute approximate surface area is 105 Å². The van der Waals surface area contributed by atoms with Crippen LogP contribution in [0.1, 0.15) is 0 Å². The third-order valence-corrected chi connectivity index (χ3v) is 3.57. The Morgan fingerprint density at radius 3 is 2.89 bits per heavy atom. The number of fused-ring (bicyclic) bond motifs is 4. The summed E-state index contributed by atoms with van der Waals surface area (Å²) in [5.74, 6) is 0.